The molecule has 23 nitrogen and oxygen atoms in total. The van der Waals surface area contributed by atoms with Gasteiger partial charge in [0, 0.05) is 49.3 Å². The smallest absolute Gasteiger partial charge is 0.303 e. The van der Waals surface area contributed by atoms with Crippen LogP contribution in [-0.4, -0.2) is 146 Å². The number of para-hydroxylation sites is 1. The van der Waals surface area contributed by atoms with Gasteiger partial charge in [-0.25, -0.2) is 0 Å². The highest BCUT2D eigenvalue weighted by atomic mass is 16.4. The third-order valence-corrected chi connectivity index (χ3v) is 10.8. The van der Waals surface area contributed by atoms with Gasteiger partial charge < -0.3 is 62.4 Å². The summed E-state index contributed by atoms with van der Waals surface area (Å²) in [6, 6.07) is -3.07. The van der Waals surface area contributed by atoms with Gasteiger partial charge in [-0.1, -0.05) is 32.0 Å². The normalized spacial score (nSPS) is 24.9. The Bertz CT molecular complexity index is 2120. The first-order chi connectivity index (χ1) is 30.2. The van der Waals surface area contributed by atoms with Crippen molar-refractivity contribution in [1.82, 2.24) is 47.1 Å². The molecule has 23 heteroatoms. The average Bonchev–Trinajstić information content (AvgIpc) is 3.90. The Balaban J connectivity index is 1.73. The molecule has 3 heterocycles. The maximum absolute atomic E-state index is 14.1. The monoisotopic (exact) mass is 897 g/mol. The van der Waals surface area contributed by atoms with Crippen LogP contribution in [0, 0.1) is 5.92 Å². The van der Waals surface area contributed by atoms with Crippen molar-refractivity contribution in [3.63, 3.8) is 0 Å². The number of hydrogen-bond donors (Lipinski definition) is 11. The number of nitrogens with one attached hydrogen (secondary N) is 8. The molecule has 1 aromatic heterocycles. The first-order valence-electron chi connectivity index (χ1n) is 20.8. The summed E-state index contributed by atoms with van der Waals surface area (Å²) in [5.41, 5.74) is 1.23. The Morgan fingerprint density at radius 2 is 1.20 bits per heavy atom. The second-order valence-electron chi connectivity index (χ2n) is 16.0. The fourth-order valence-electron chi connectivity index (χ4n) is 7.34. The van der Waals surface area contributed by atoms with Crippen LogP contribution in [0.4, 0.5) is 0 Å². The van der Waals surface area contributed by atoms with E-state index in [1.807, 2.05) is 0 Å². The number of carbonyl (C=O) groups excluding carboxylic acids is 8. The lowest BCUT2D eigenvalue weighted by atomic mass is 10.0. The van der Waals surface area contributed by atoms with Gasteiger partial charge in [-0.3, -0.25) is 52.7 Å². The zero-order chi connectivity index (χ0) is 47.2. The van der Waals surface area contributed by atoms with Crippen LogP contribution in [0.2, 0.25) is 0 Å². The van der Waals surface area contributed by atoms with Gasteiger partial charge in [-0.2, -0.15) is 0 Å². The number of H-pyrrole nitrogens is 1. The summed E-state index contributed by atoms with van der Waals surface area (Å²) >= 11 is 0. The molecule has 2 aliphatic heterocycles. The number of fused-ring (bicyclic) bond motifs is 2. The Labute approximate surface area is 366 Å². The van der Waals surface area contributed by atoms with Crippen molar-refractivity contribution in [3.8, 4) is 0 Å². The van der Waals surface area contributed by atoms with Crippen molar-refractivity contribution in [2.75, 3.05) is 13.1 Å². The minimum Gasteiger partial charge on any atom is -0.481 e. The maximum atomic E-state index is 14.1. The van der Waals surface area contributed by atoms with Crippen molar-refractivity contribution in [2.24, 2.45) is 5.92 Å². The van der Waals surface area contributed by atoms with Gasteiger partial charge in [-0.15, -0.1) is 0 Å². The van der Waals surface area contributed by atoms with E-state index in [4.69, 9.17) is 0 Å². The molecule has 7 atom stereocenters. The Morgan fingerprint density at radius 1 is 0.672 bits per heavy atom. The highest BCUT2D eigenvalue weighted by molar-refractivity contribution is 5.99. The van der Waals surface area contributed by atoms with Gasteiger partial charge >= 0.3 is 17.9 Å². The van der Waals surface area contributed by atoms with Crippen molar-refractivity contribution < 1.29 is 68.1 Å². The standard InChI is InChI=1S/C41H55N9O14/c1-20(2)34-41(64)50-16-6-9-29(50)40(63)47-26(11-14-32(54)55)37(60)44-21(3)35(58)46-27(12-15-33(56)57)38(61)48-28(17-22-18-42-24-8-5-4-7-23(22)24)36(59)43-19-30(51)45-25(39(62)49-34)10-13-31(52)53/h4-5,7-8,18,20-21,25-29,34,42H,6,9-17,19H2,1-3H3,(H,43,59)(H,44,60)(H,45,51)(H,46,58)(H,47,63)(H,48,61)(H,49,62)(H,52,53)(H,54,55)(H,56,57). The van der Waals surface area contributed by atoms with E-state index < -0.39 is 158 Å². The molecule has 0 saturated carbocycles. The van der Waals surface area contributed by atoms with Crippen molar-refractivity contribution >= 4 is 76.1 Å². The van der Waals surface area contributed by atoms with E-state index in [9.17, 15) is 68.1 Å². The van der Waals surface area contributed by atoms with Crippen LogP contribution < -0.4 is 37.2 Å². The molecule has 7 unspecified atom stereocenters. The molecule has 2 aliphatic rings. The van der Waals surface area contributed by atoms with Crippen molar-refractivity contribution in [2.45, 2.75) is 121 Å². The zero-order valence-electron chi connectivity index (χ0n) is 35.6. The molecule has 11 N–H and O–H groups in total. The minimum absolute atomic E-state index is 0.0516. The topological polar surface area (TPSA) is 352 Å². The predicted octanol–water partition coefficient (Wildman–Crippen LogP) is -1.99. The number of benzene rings is 1. The molecular formula is C41H55N9O14. The number of aliphatic carboxylic acids is 3. The second kappa shape index (κ2) is 22.9. The summed E-state index contributed by atoms with van der Waals surface area (Å²) in [4.78, 5) is 149. The number of rotatable bonds is 12. The molecule has 2 aromatic rings. The lowest BCUT2D eigenvalue weighted by Gasteiger charge is -2.32. The number of carboxylic acid groups (broad SMARTS) is 3. The van der Waals surface area contributed by atoms with E-state index in [-0.39, 0.29) is 19.4 Å². The number of carbonyl (C=O) groups is 11. The van der Waals surface area contributed by atoms with Gasteiger partial charge in [0.05, 0.1) is 6.54 Å². The largest absolute Gasteiger partial charge is 0.481 e. The van der Waals surface area contributed by atoms with E-state index in [2.05, 4.69) is 42.2 Å². The van der Waals surface area contributed by atoms with E-state index in [1.165, 1.54) is 11.8 Å². The summed E-state index contributed by atoms with van der Waals surface area (Å²) < 4.78 is 0. The number of hydrogen-bond acceptors (Lipinski definition) is 11. The SMILES string of the molecule is CC1NC(=O)C(CCC(=O)O)NC(=O)C2CCCN2C(=O)C(C(C)C)NC(=O)C(CCC(=O)O)NC(=O)CNC(=O)C(Cc2c[nH]c3ccccc23)NC(=O)C(CCC(=O)O)NC1=O. The average molecular weight is 898 g/mol. The van der Waals surface area contributed by atoms with Crippen LogP contribution in [0.25, 0.3) is 10.9 Å². The van der Waals surface area contributed by atoms with Crippen molar-refractivity contribution in [1.29, 1.82) is 0 Å². The van der Waals surface area contributed by atoms with Crippen LogP contribution in [-0.2, 0) is 59.2 Å². The molecule has 348 valence electrons. The fourth-order valence-corrected chi connectivity index (χ4v) is 7.34. The lowest BCUT2D eigenvalue weighted by Crippen LogP contribution is -2.60. The Kier molecular flexibility index (Phi) is 17.7. The number of carboxylic acids is 3. The van der Waals surface area contributed by atoms with Gasteiger partial charge in [0.1, 0.15) is 42.3 Å². The molecule has 64 heavy (non-hydrogen) atoms. The lowest BCUT2D eigenvalue weighted by molar-refractivity contribution is -0.144. The first kappa shape index (κ1) is 49.6. The Hall–Kier alpha value is -7.07. The molecule has 0 bridgehead atoms. The minimum atomic E-state index is -1.60. The molecular weight excluding hydrogens is 842 g/mol. The maximum Gasteiger partial charge on any atom is 0.303 e. The first-order valence-corrected chi connectivity index (χ1v) is 20.8. The summed E-state index contributed by atoms with van der Waals surface area (Å²) in [6.07, 6.45) is -1.33. The van der Waals surface area contributed by atoms with Gasteiger partial charge in [0.2, 0.25) is 47.3 Å². The highest BCUT2D eigenvalue weighted by Crippen LogP contribution is 2.22. The van der Waals surface area contributed by atoms with E-state index in [1.54, 1.807) is 44.3 Å². The Morgan fingerprint density at radius 3 is 1.80 bits per heavy atom. The summed E-state index contributed by atoms with van der Waals surface area (Å²) in [7, 11) is 0. The van der Waals surface area contributed by atoms with E-state index >= 15 is 0 Å². The fraction of sp³-hybridized carbons (Fsp3) is 0.537. The zero-order valence-corrected chi connectivity index (χ0v) is 35.6. The van der Waals surface area contributed by atoms with Crippen molar-refractivity contribution in [3.05, 3.63) is 36.0 Å². The number of nitrogens with zero attached hydrogens (tertiary/aromatic N) is 1. The summed E-state index contributed by atoms with van der Waals surface area (Å²) in [5, 5.41) is 46.1. The molecule has 4 rings (SSSR count). The van der Waals surface area contributed by atoms with E-state index in [0.29, 0.717) is 22.9 Å². The van der Waals surface area contributed by atoms with E-state index in [0.717, 1.165) is 0 Å². The highest BCUT2D eigenvalue weighted by Gasteiger charge is 2.41. The van der Waals surface area contributed by atoms with Crippen LogP contribution in [0.5, 0.6) is 0 Å². The second-order valence-corrected chi connectivity index (χ2v) is 16.0. The molecule has 0 radical (unpaired) electrons. The predicted molar refractivity (Wildman–Crippen MR) is 222 cm³/mol. The summed E-state index contributed by atoms with van der Waals surface area (Å²) in [6.45, 7) is 3.70. The van der Waals surface area contributed by atoms with Gasteiger partial charge in [0.25, 0.3) is 0 Å². The molecule has 0 aliphatic carbocycles. The van der Waals surface area contributed by atoms with Crippen LogP contribution in [0.15, 0.2) is 30.5 Å². The number of aromatic nitrogens is 1. The quantitative estimate of drug-likeness (QED) is 0.110. The van der Waals surface area contributed by atoms with Crippen LogP contribution in [0.3, 0.4) is 0 Å². The third kappa shape index (κ3) is 14.0. The van der Waals surface area contributed by atoms with Crippen LogP contribution in [0.1, 0.15) is 77.7 Å². The van der Waals surface area contributed by atoms with Gasteiger partial charge in [-0.05, 0) is 56.6 Å². The molecule has 8 amide bonds. The van der Waals surface area contributed by atoms with Gasteiger partial charge in [0.15, 0.2) is 0 Å². The molecule has 2 saturated heterocycles. The van der Waals surface area contributed by atoms with Crippen LogP contribution >= 0.6 is 0 Å². The number of aromatic amines is 1. The molecule has 1 aromatic carbocycles. The molecule has 0 spiro atoms. The third-order valence-electron chi connectivity index (χ3n) is 10.8. The molecule has 2 fully saturated rings. The summed E-state index contributed by atoms with van der Waals surface area (Å²) in [5.74, 6) is -11.9. The number of amides is 8.